The second-order valence-electron chi connectivity index (χ2n) is 8.79. The molecule has 0 radical (unpaired) electrons. The molecule has 0 aliphatic carbocycles. The molecule has 3 heterocycles. The van der Waals surface area contributed by atoms with Crippen molar-refractivity contribution >= 4 is 23.4 Å². The van der Waals surface area contributed by atoms with Crippen LogP contribution in [0.3, 0.4) is 0 Å². The fraction of sp³-hybridized carbons (Fsp3) is 0.360. The molecule has 3 aliphatic heterocycles. The topological polar surface area (TPSA) is 136 Å². The number of non-ortho nitro benzene ring substituents is 1. The Morgan fingerprint density at radius 1 is 1.11 bits per heavy atom. The van der Waals surface area contributed by atoms with Gasteiger partial charge in [-0.05, 0) is 36.8 Å². The molecule has 1 fully saturated rings. The van der Waals surface area contributed by atoms with E-state index in [-0.39, 0.29) is 19.1 Å². The minimum atomic E-state index is -0.710. The molecular weight excluding hydrogens is 482 g/mol. The number of esters is 1. The van der Waals surface area contributed by atoms with E-state index in [9.17, 15) is 19.7 Å². The average Bonchev–Trinajstić information content (AvgIpc) is 3.37. The first-order valence-corrected chi connectivity index (χ1v) is 12.0. The minimum absolute atomic E-state index is 0.0551. The van der Waals surface area contributed by atoms with Crippen LogP contribution in [0.1, 0.15) is 18.5 Å². The van der Waals surface area contributed by atoms with E-state index in [4.69, 9.17) is 14.2 Å². The van der Waals surface area contributed by atoms with E-state index in [1.165, 1.54) is 12.1 Å². The Morgan fingerprint density at radius 2 is 1.84 bits per heavy atom. The normalized spacial score (nSPS) is 19.3. The largest absolute Gasteiger partial charge is 0.463 e. The number of carbonyl (C=O) groups excluding carboxylic acids is 2. The number of nitrogens with one attached hydrogen (secondary N) is 2. The summed E-state index contributed by atoms with van der Waals surface area (Å²) < 4.78 is 16.2. The van der Waals surface area contributed by atoms with Gasteiger partial charge in [0, 0.05) is 56.2 Å². The molecule has 12 nitrogen and oxygen atoms in total. The number of nitrogens with zero attached hydrogens (tertiary/aromatic N) is 3. The molecule has 2 aromatic carbocycles. The van der Waals surface area contributed by atoms with Gasteiger partial charge in [-0.2, -0.15) is 0 Å². The van der Waals surface area contributed by atoms with Crippen LogP contribution < -0.4 is 25.0 Å². The number of amides is 2. The van der Waals surface area contributed by atoms with Crippen LogP contribution in [0.2, 0.25) is 0 Å². The smallest absolute Gasteiger partial charge is 0.338 e. The first kappa shape index (κ1) is 24.4. The van der Waals surface area contributed by atoms with Crippen molar-refractivity contribution in [2.75, 3.05) is 51.0 Å². The molecule has 0 aromatic heterocycles. The number of piperazine rings is 1. The number of hydrogen-bond acceptors (Lipinski definition) is 9. The molecule has 12 heteroatoms. The molecule has 2 aromatic rings. The third-order valence-electron chi connectivity index (χ3n) is 6.56. The quantitative estimate of drug-likeness (QED) is 0.327. The van der Waals surface area contributed by atoms with E-state index in [1.807, 2.05) is 0 Å². The van der Waals surface area contributed by atoms with E-state index < -0.39 is 23.0 Å². The van der Waals surface area contributed by atoms with Crippen LogP contribution in [0.25, 0.3) is 0 Å². The van der Waals surface area contributed by atoms with Gasteiger partial charge in [-0.3, -0.25) is 15.0 Å². The Balaban J connectivity index is 1.35. The zero-order valence-corrected chi connectivity index (χ0v) is 20.3. The second-order valence-corrected chi connectivity index (χ2v) is 8.79. The highest BCUT2D eigenvalue weighted by Crippen LogP contribution is 2.37. The third-order valence-corrected chi connectivity index (χ3v) is 6.56. The van der Waals surface area contributed by atoms with Gasteiger partial charge in [0.2, 0.25) is 6.79 Å². The summed E-state index contributed by atoms with van der Waals surface area (Å²) in [6, 6.07) is 10.7. The summed E-state index contributed by atoms with van der Waals surface area (Å²) >= 11 is 0. The van der Waals surface area contributed by atoms with Gasteiger partial charge in [-0.15, -0.1) is 0 Å². The van der Waals surface area contributed by atoms with Gasteiger partial charge in [-0.1, -0.05) is 6.07 Å². The molecule has 0 saturated carbocycles. The van der Waals surface area contributed by atoms with Gasteiger partial charge in [0.1, 0.15) is 0 Å². The van der Waals surface area contributed by atoms with Crippen molar-refractivity contribution in [3.8, 4) is 11.5 Å². The Labute approximate surface area is 212 Å². The fourth-order valence-corrected chi connectivity index (χ4v) is 4.71. The van der Waals surface area contributed by atoms with E-state index in [0.717, 1.165) is 5.69 Å². The number of nitro benzene ring substituents is 1. The number of fused-ring (bicyclic) bond motifs is 1. The number of ether oxygens (including phenoxy) is 3. The first-order valence-electron chi connectivity index (χ1n) is 12.0. The second kappa shape index (κ2) is 10.3. The van der Waals surface area contributed by atoms with E-state index in [1.54, 1.807) is 37.3 Å². The van der Waals surface area contributed by atoms with E-state index in [0.29, 0.717) is 61.1 Å². The van der Waals surface area contributed by atoms with Crippen LogP contribution in [0.4, 0.5) is 16.2 Å². The number of hydrogen-bond donors (Lipinski definition) is 2. The molecule has 37 heavy (non-hydrogen) atoms. The van der Waals surface area contributed by atoms with Gasteiger partial charge >= 0.3 is 12.0 Å². The third kappa shape index (κ3) is 5.14. The van der Waals surface area contributed by atoms with Crippen LogP contribution in [-0.2, 0) is 9.53 Å². The highest BCUT2D eigenvalue weighted by Gasteiger charge is 2.35. The van der Waals surface area contributed by atoms with Crippen molar-refractivity contribution in [2.45, 2.75) is 13.0 Å². The molecule has 3 aliphatic rings. The summed E-state index contributed by atoms with van der Waals surface area (Å²) in [6.07, 6.45) is 0. The highest BCUT2D eigenvalue weighted by molar-refractivity contribution is 5.95. The summed E-state index contributed by atoms with van der Waals surface area (Å²) in [7, 11) is 0. The number of rotatable bonds is 7. The van der Waals surface area contributed by atoms with Crippen molar-refractivity contribution in [3.63, 3.8) is 0 Å². The lowest BCUT2D eigenvalue weighted by Gasteiger charge is -2.38. The summed E-state index contributed by atoms with van der Waals surface area (Å²) in [5.41, 5.74) is 2.49. The monoisotopic (exact) mass is 509 g/mol. The van der Waals surface area contributed by atoms with E-state index >= 15 is 0 Å². The SMILES string of the molecule is CCOC(=O)C1=C(CN2CCN(c3ccc([N+](=O)[O-])cc3)CC2)NC(=O)NC1c1ccc2c(c1)OCO2. The Bertz CT molecular complexity index is 1240. The van der Waals surface area contributed by atoms with Crippen LogP contribution >= 0.6 is 0 Å². The lowest BCUT2D eigenvalue weighted by molar-refractivity contribution is -0.384. The predicted molar refractivity (Wildman–Crippen MR) is 132 cm³/mol. The predicted octanol–water partition coefficient (Wildman–Crippen LogP) is 2.32. The van der Waals surface area contributed by atoms with Crippen molar-refractivity contribution < 1.29 is 28.7 Å². The van der Waals surface area contributed by atoms with Gasteiger partial charge < -0.3 is 29.7 Å². The zero-order valence-electron chi connectivity index (χ0n) is 20.3. The summed E-state index contributed by atoms with van der Waals surface area (Å²) in [6.45, 7) is 5.15. The van der Waals surface area contributed by atoms with Crippen molar-refractivity contribution in [1.82, 2.24) is 15.5 Å². The Morgan fingerprint density at radius 3 is 2.54 bits per heavy atom. The number of nitro groups is 1. The summed E-state index contributed by atoms with van der Waals surface area (Å²) in [5.74, 6) is 0.659. The summed E-state index contributed by atoms with van der Waals surface area (Å²) in [5, 5.41) is 16.6. The van der Waals surface area contributed by atoms with Crippen molar-refractivity contribution in [2.24, 2.45) is 0 Å². The van der Waals surface area contributed by atoms with Gasteiger partial charge in [-0.25, -0.2) is 9.59 Å². The molecular formula is C25H27N5O7. The number of benzene rings is 2. The Hall–Kier alpha value is -4.32. The Kier molecular flexibility index (Phi) is 6.82. The molecule has 1 unspecified atom stereocenters. The first-order chi connectivity index (χ1) is 17.9. The summed E-state index contributed by atoms with van der Waals surface area (Å²) in [4.78, 5) is 40.5. The molecule has 0 bridgehead atoms. The average molecular weight is 510 g/mol. The van der Waals surface area contributed by atoms with Gasteiger partial charge in [0.25, 0.3) is 5.69 Å². The molecule has 1 saturated heterocycles. The maximum Gasteiger partial charge on any atom is 0.338 e. The molecule has 2 amide bonds. The number of carbonyl (C=O) groups is 2. The number of urea groups is 1. The minimum Gasteiger partial charge on any atom is -0.463 e. The number of anilines is 1. The van der Waals surface area contributed by atoms with Gasteiger partial charge in [0.15, 0.2) is 11.5 Å². The van der Waals surface area contributed by atoms with Crippen molar-refractivity contribution in [3.05, 3.63) is 69.4 Å². The van der Waals surface area contributed by atoms with Crippen LogP contribution in [0.5, 0.6) is 11.5 Å². The van der Waals surface area contributed by atoms with E-state index in [2.05, 4.69) is 20.4 Å². The lowest BCUT2D eigenvalue weighted by Crippen LogP contribution is -2.51. The van der Waals surface area contributed by atoms with Gasteiger partial charge in [0.05, 0.1) is 23.1 Å². The molecule has 2 N–H and O–H groups in total. The maximum atomic E-state index is 13.1. The molecule has 194 valence electrons. The van der Waals surface area contributed by atoms with Crippen molar-refractivity contribution in [1.29, 1.82) is 0 Å². The van der Waals surface area contributed by atoms with Crippen LogP contribution in [0.15, 0.2) is 53.7 Å². The maximum absolute atomic E-state index is 13.1. The molecule has 5 rings (SSSR count). The lowest BCUT2D eigenvalue weighted by atomic mass is 9.94. The van der Waals surface area contributed by atoms with Crippen LogP contribution in [0, 0.1) is 10.1 Å². The highest BCUT2D eigenvalue weighted by atomic mass is 16.7. The standard InChI is InChI=1S/C25H27N5O7/c1-2-35-24(31)22-19(26-25(32)27-23(22)16-3-8-20-21(13-16)37-15-36-20)14-28-9-11-29(12-10-28)17-4-6-18(7-5-17)30(33)34/h3-8,13,23H,2,9-12,14-15H2,1H3,(H2,26,27,32). The molecule has 0 spiro atoms. The van der Waals surface area contributed by atoms with Crippen LogP contribution in [-0.4, -0.2) is 67.9 Å². The fourth-order valence-electron chi connectivity index (χ4n) is 4.71. The molecule has 1 atom stereocenters. The zero-order chi connectivity index (χ0) is 25.9.